The van der Waals surface area contributed by atoms with Crippen molar-refractivity contribution >= 4 is 17.8 Å². The van der Waals surface area contributed by atoms with Crippen LogP contribution in [0.2, 0.25) is 5.02 Å². The zero-order valence-electron chi connectivity index (χ0n) is 8.18. The van der Waals surface area contributed by atoms with Crippen molar-refractivity contribution in [3.05, 3.63) is 35.2 Å². The van der Waals surface area contributed by atoms with Gasteiger partial charge in [-0.25, -0.2) is 4.39 Å². The number of aromatic nitrogens is 3. The molecule has 2 aromatic rings. The summed E-state index contributed by atoms with van der Waals surface area (Å²) in [5, 5.41) is 9.61. The van der Waals surface area contributed by atoms with Crippen molar-refractivity contribution in [1.29, 1.82) is 0 Å². The van der Waals surface area contributed by atoms with E-state index in [0.29, 0.717) is 5.75 Å². The first kappa shape index (κ1) is 12.8. The lowest BCUT2D eigenvalue weighted by molar-refractivity contribution is -0.191. The molecule has 1 N–H and O–H groups in total. The molecule has 2 rings (SSSR count). The second kappa shape index (κ2) is 6.37. The Balaban J connectivity index is 0.000000437. The van der Waals surface area contributed by atoms with E-state index in [9.17, 15) is 4.39 Å². The molecule has 0 saturated carbocycles. The maximum absolute atomic E-state index is 13.0. The summed E-state index contributed by atoms with van der Waals surface area (Å²) in [5.41, 5.74) is 0. The Kier molecular flexibility index (Phi) is 4.80. The molecule has 0 fully saturated rings. The van der Waals surface area contributed by atoms with Crippen LogP contribution in [0.4, 0.5) is 4.39 Å². The number of benzene rings is 1. The van der Waals surface area contributed by atoms with Gasteiger partial charge in [0, 0.05) is 6.07 Å². The van der Waals surface area contributed by atoms with Gasteiger partial charge >= 0.3 is 6.15 Å². The Morgan fingerprint density at radius 1 is 1.41 bits per heavy atom. The van der Waals surface area contributed by atoms with Gasteiger partial charge in [0.15, 0.2) is 0 Å². The molecule has 8 heteroatoms. The molecule has 1 aromatic carbocycles. The smallest absolute Gasteiger partial charge is 0.373 e. The lowest BCUT2D eigenvalue weighted by atomic mass is 10.3. The largest absolute Gasteiger partial charge is 0.436 e. The van der Waals surface area contributed by atoms with Crippen molar-refractivity contribution in [2.24, 2.45) is 0 Å². The summed E-state index contributed by atoms with van der Waals surface area (Å²) < 4.78 is 18.1. The number of nitrogens with one attached hydrogen (secondary N) is 1. The molecular weight excluding hydrogens is 253 g/mol. The van der Waals surface area contributed by atoms with E-state index in [-0.39, 0.29) is 17.1 Å². The second-order valence-electron chi connectivity index (χ2n) is 2.57. The normalized spacial score (nSPS) is 8.82. The minimum atomic E-state index is -0.535. The zero-order chi connectivity index (χ0) is 12.7. The second-order valence-corrected chi connectivity index (χ2v) is 2.98. The lowest BCUT2D eigenvalue weighted by Crippen LogP contribution is -1.85. The molecule has 0 aliphatic carbocycles. The molecule has 6 nitrogen and oxygen atoms in total. The zero-order valence-corrected chi connectivity index (χ0v) is 8.94. The van der Waals surface area contributed by atoms with E-state index in [1.807, 2.05) is 0 Å². The summed E-state index contributed by atoms with van der Waals surface area (Å²) in [4.78, 5) is 16.2. The fraction of sp³-hybridized carbons (Fsp3) is 0. The summed E-state index contributed by atoms with van der Waals surface area (Å²) >= 11 is 5.50. The van der Waals surface area contributed by atoms with E-state index in [4.69, 9.17) is 25.9 Å². The number of halogens is 2. The third-order valence-corrected chi connectivity index (χ3v) is 1.81. The van der Waals surface area contributed by atoms with Gasteiger partial charge in [0.25, 0.3) is 5.88 Å². The van der Waals surface area contributed by atoms with E-state index >= 15 is 0 Å². The first-order valence-corrected chi connectivity index (χ1v) is 4.53. The minimum absolute atomic E-state index is 0.0532. The van der Waals surface area contributed by atoms with Gasteiger partial charge in [-0.15, -0.1) is 5.10 Å². The van der Waals surface area contributed by atoms with E-state index < -0.39 is 5.82 Å². The molecule has 88 valence electrons. The number of aromatic amines is 1. The van der Waals surface area contributed by atoms with Crippen LogP contribution in [-0.2, 0) is 9.59 Å². The van der Waals surface area contributed by atoms with Gasteiger partial charge in [0.2, 0.25) is 0 Å². The number of hydrogen-bond acceptors (Lipinski definition) is 5. The molecule has 0 radical (unpaired) electrons. The van der Waals surface area contributed by atoms with Gasteiger partial charge in [-0.2, -0.15) is 19.9 Å². The third-order valence-electron chi connectivity index (χ3n) is 1.51. The average Bonchev–Trinajstić information content (AvgIpc) is 2.77. The van der Waals surface area contributed by atoms with Crippen LogP contribution in [0.25, 0.3) is 0 Å². The van der Waals surface area contributed by atoms with Crippen LogP contribution < -0.4 is 4.74 Å². The molecule has 0 saturated heterocycles. The number of nitrogens with zero attached hydrogens (tertiary/aromatic N) is 2. The van der Waals surface area contributed by atoms with Crippen molar-refractivity contribution in [3.63, 3.8) is 0 Å². The van der Waals surface area contributed by atoms with Crippen molar-refractivity contribution in [2.45, 2.75) is 0 Å². The standard InChI is InChI=1S/C8H5ClFN3O.CO2/c9-6-2-1-5(3-7(6)10)14-8-4-11-13-12-8;2-1-3/h1-4H,(H,11,12,13);. The highest BCUT2D eigenvalue weighted by Gasteiger charge is 2.03. The molecule has 1 aromatic heterocycles. The Bertz CT molecular complexity index is 512. The predicted octanol–water partition coefficient (Wildman–Crippen LogP) is 1.81. The summed E-state index contributed by atoms with van der Waals surface area (Å²) in [6.07, 6.45) is 1.63. The molecule has 0 atom stereocenters. The van der Waals surface area contributed by atoms with Crippen molar-refractivity contribution < 1.29 is 18.7 Å². The highest BCUT2D eigenvalue weighted by molar-refractivity contribution is 6.30. The van der Waals surface area contributed by atoms with E-state index in [1.54, 1.807) is 6.07 Å². The first-order chi connectivity index (χ1) is 8.17. The van der Waals surface area contributed by atoms with Crippen LogP contribution in [0.3, 0.4) is 0 Å². The summed E-state index contributed by atoms with van der Waals surface area (Å²) in [6, 6.07) is 4.13. The van der Waals surface area contributed by atoms with Crippen molar-refractivity contribution in [3.8, 4) is 11.6 Å². The molecule has 0 spiro atoms. The van der Waals surface area contributed by atoms with Crippen LogP contribution in [0.1, 0.15) is 0 Å². The highest BCUT2D eigenvalue weighted by atomic mass is 35.5. The molecule has 1 heterocycles. The maximum atomic E-state index is 13.0. The Hall–Kier alpha value is -2.24. The van der Waals surface area contributed by atoms with Crippen molar-refractivity contribution in [2.75, 3.05) is 0 Å². The highest BCUT2D eigenvalue weighted by Crippen LogP contribution is 2.23. The molecule has 17 heavy (non-hydrogen) atoms. The summed E-state index contributed by atoms with van der Waals surface area (Å²) in [6.45, 7) is 0. The van der Waals surface area contributed by atoms with Crippen LogP contribution in [0, 0.1) is 5.82 Å². The van der Waals surface area contributed by atoms with Crippen LogP contribution in [-0.4, -0.2) is 21.6 Å². The molecular formula is C9H5ClFN3O3. The average molecular weight is 258 g/mol. The summed E-state index contributed by atoms with van der Waals surface area (Å²) in [5.74, 6) is 0.0557. The van der Waals surface area contributed by atoms with Crippen LogP contribution in [0.15, 0.2) is 24.4 Å². The minimum Gasteiger partial charge on any atom is -0.436 e. The van der Waals surface area contributed by atoms with Crippen LogP contribution >= 0.6 is 11.6 Å². The van der Waals surface area contributed by atoms with E-state index in [0.717, 1.165) is 0 Å². The number of H-pyrrole nitrogens is 1. The molecule has 0 unspecified atom stereocenters. The monoisotopic (exact) mass is 257 g/mol. The lowest BCUT2D eigenvalue weighted by Gasteiger charge is -2.01. The maximum Gasteiger partial charge on any atom is 0.373 e. The molecule has 0 aliphatic heterocycles. The number of carbonyl (C=O) groups excluding carboxylic acids is 2. The fourth-order valence-corrected chi connectivity index (χ4v) is 1.02. The Morgan fingerprint density at radius 3 is 2.65 bits per heavy atom. The molecule has 0 amide bonds. The van der Waals surface area contributed by atoms with Gasteiger partial charge in [-0.1, -0.05) is 11.6 Å². The Labute approximate surface area is 99.4 Å². The molecule has 0 bridgehead atoms. The third kappa shape index (κ3) is 4.02. The van der Waals surface area contributed by atoms with Gasteiger partial charge < -0.3 is 4.74 Å². The van der Waals surface area contributed by atoms with Crippen molar-refractivity contribution in [1.82, 2.24) is 15.4 Å². The molecule has 0 aliphatic rings. The van der Waals surface area contributed by atoms with Gasteiger partial charge in [0.05, 0.1) is 5.02 Å². The number of hydrogen-bond donors (Lipinski definition) is 1. The number of ether oxygens (including phenoxy) is 1. The fourth-order valence-electron chi connectivity index (χ4n) is 0.901. The topological polar surface area (TPSA) is 84.9 Å². The van der Waals surface area contributed by atoms with E-state index in [1.165, 1.54) is 18.3 Å². The SMILES string of the molecule is Fc1cc(Oc2cn[nH]n2)ccc1Cl.O=C=O. The van der Waals surface area contributed by atoms with Gasteiger partial charge in [-0.3, -0.25) is 0 Å². The summed E-state index contributed by atoms with van der Waals surface area (Å²) in [7, 11) is 0. The Morgan fingerprint density at radius 2 is 2.12 bits per heavy atom. The predicted molar refractivity (Wildman–Crippen MR) is 52.9 cm³/mol. The van der Waals surface area contributed by atoms with Crippen LogP contribution in [0.5, 0.6) is 11.6 Å². The number of rotatable bonds is 2. The first-order valence-electron chi connectivity index (χ1n) is 4.15. The van der Waals surface area contributed by atoms with Gasteiger partial charge in [-0.05, 0) is 12.1 Å². The van der Waals surface area contributed by atoms with E-state index in [2.05, 4.69) is 15.4 Å². The van der Waals surface area contributed by atoms with Gasteiger partial charge in [0.1, 0.15) is 17.8 Å². The quantitative estimate of drug-likeness (QED) is 0.887.